The minimum absolute atomic E-state index is 0.197. The zero-order valence-corrected chi connectivity index (χ0v) is 19.8. The third-order valence-electron chi connectivity index (χ3n) is 4.34. The molecule has 3 aromatic rings. The van der Waals surface area contributed by atoms with Crippen LogP contribution < -0.4 is 15.0 Å². The van der Waals surface area contributed by atoms with Crippen LogP contribution in [0.15, 0.2) is 82.0 Å². The minimum atomic E-state index is -1.15. The zero-order valence-electron chi connectivity index (χ0n) is 16.6. The third kappa shape index (κ3) is 8.90. The number of carboxylic acids is 2. The van der Waals surface area contributed by atoms with Crippen LogP contribution in [-0.4, -0.2) is 30.1 Å². The van der Waals surface area contributed by atoms with E-state index in [9.17, 15) is 14.7 Å². The summed E-state index contributed by atoms with van der Waals surface area (Å²) in [5.74, 6) is -2.04. The molecule has 0 amide bonds. The van der Waals surface area contributed by atoms with Gasteiger partial charge >= 0.3 is 5.97 Å². The lowest BCUT2D eigenvalue weighted by atomic mass is 10.2. The van der Waals surface area contributed by atoms with Gasteiger partial charge in [0, 0.05) is 39.9 Å². The summed E-state index contributed by atoms with van der Waals surface area (Å²) in [5.41, 5.74) is 1.85. The van der Waals surface area contributed by atoms with Gasteiger partial charge in [0.25, 0.3) is 0 Å². The van der Waals surface area contributed by atoms with Crippen LogP contribution in [0.3, 0.4) is 0 Å². The van der Waals surface area contributed by atoms with Gasteiger partial charge in [0.05, 0.1) is 11.5 Å². The van der Waals surface area contributed by atoms with Crippen LogP contribution in [0.1, 0.15) is 33.6 Å². The Hall–Kier alpha value is -2.71. The molecular formula is C23H22Br2N2O4. The van der Waals surface area contributed by atoms with Crippen molar-refractivity contribution in [2.24, 2.45) is 0 Å². The van der Waals surface area contributed by atoms with E-state index in [1.165, 1.54) is 43.8 Å². The summed E-state index contributed by atoms with van der Waals surface area (Å²) in [7, 11) is 0. The number of anilines is 1. The van der Waals surface area contributed by atoms with Gasteiger partial charge in [-0.15, -0.1) is 0 Å². The van der Waals surface area contributed by atoms with Crippen LogP contribution in [0.4, 0.5) is 5.69 Å². The Labute approximate surface area is 197 Å². The first-order valence-electron chi connectivity index (χ1n) is 9.53. The molecule has 0 bridgehead atoms. The van der Waals surface area contributed by atoms with Gasteiger partial charge < -0.3 is 19.9 Å². The molecule has 2 heterocycles. The fourth-order valence-electron chi connectivity index (χ4n) is 2.74. The van der Waals surface area contributed by atoms with Crippen LogP contribution in [0.25, 0.3) is 0 Å². The Bertz CT molecular complexity index is 904. The molecule has 31 heavy (non-hydrogen) atoms. The molecule has 2 N–H and O–H groups in total. The van der Waals surface area contributed by atoms with E-state index < -0.39 is 11.9 Å². The highest BCUT2D eigenvalue weighted by Gasteiger charge is 2.11. The Morgan fingerprint density at radius 1 is 0.806 bits per heavy atom. The predicted octanol–water partition coefficient (Wildman–Crippen LogP) is 4.06. The number of pyridine rings is 1. The van der Waals surface area contributed by atoms with Crippen molar-refractivity contribution in [2.45, 2.75) is 12.8 Å². The van der Waals surface area contributed by atoms with Crippen molar-refractivity contribution in [3.8, 4) is 0 Å². The minimum Gasteiger partial charge on any atom is -0.545 e. The van der Waals surface area contributed by atoms with Gasteiger partial charge in [0.1, 0.15) is 0 Å². The van der Waals surface area contributed by atoms with E-state index in [0.29, 0.717) is 5.56 Å². The first kappa shape index (κ1) is 24.6. The first-order valence-corrected chi connectivity index (χ1v) is 11.1. The van der Waals surface area contributed by atoms with Crippen molar-refractivity contribution in [3.63, 3.8) is 0 Å². The number of carbonyl (C=O) groups excluding carboxylic acids is 1. The molecular weight excluding hydrogens is 528 g/mol. The molecule has 162 valence electrons. The molecule has 0 saturated carbocycles. The fourth-order valence-corrected chi connectivity index (χ4v) is 3.27. The Balaban J connectivity index is 0.000000166. The summed E-state index contributed by atoms with van der Waals surface area (Å²) in [5, 5.41) is 18.6. The SMILES string of the molecule is O=C(O)c1ccc(Br)cc1.O=C([O-])c1ccc(Br)cc1.c1cc(N2CCCC2)cc[nH+]1. The van der Waals surface area contributed by atoms with Gasteiger partial charge in [-0.2, -0.15) is 0 Å². The van der Waals surface area contributed by atoms with Crippen LogP contribution in [0, 0.1) is 0 Å². The number of hydrogen-bond acceptors (Lipinski definition) is 4. The highest BCUT2D eigenvalue weighted by Crippen LogP contribution is 2.17. The van der Waals surface area contributed by atoms with Gasteiger partial charge in [-0.25, -0.2) is 9.78 Å². The number of H-pyrrole nitrogens is 1. The van der Waals surface area contributed by atoms with Crippen molar-refractivity contribution in [1.82, 2.24) is 0 Å². The molecule has 2 aromatic carbocycles. The van der Waals surface area contributed by atoms with E-state index in [1.807, 2.05) is 12.4 Å². The molecule has 1 saturated heterocycles. The Morgan fingerprint density at radius 2 is 1.26 bits per heavy atom. The average molecular weight is 550 g/mol. The maximum Gasteiger partial charge on any atom is 0.335 e. The van der Waals surface area contributed by atoms with E-state index in [-0.39, 0.29) is 5.56 Å². The molecule has 0 unspecified atom stereocenters. The van der Waals surface area contributed by atoms with Gasteiger partial charge in [-0.3, -0.25) is 0 Å². The van der Waals surface area contributed by atoms with E-state index in [2.05, 4.69) is 53.9 Å². The number of nitrogens with zero attached hydrogens (tertiary/aromatic N) is 1. The van der Waals surface area contributed by atoms with Crippen molar-refractivity contribution < 1.29 is 24.8 Å². The summed E-state index contributed by atoms with van der Waals surface area (Å²) >= 11 is 6.38. The first-order chi connectivity index (χ1) is 14.9. The van der Waals surface area contributed by atoms with Gasteiger partial charge in [0.2, 0.25) is 0 Å². The normalized spacial score (nSPS) is 12.1. The number of hydrogen-bond donors (Lipinski definition) is 1. The molecule has 8 heteroatoms. The highest BCUT2D eigenvalue weighted by atomic mass is 79.9. The molecule has 0 radical (unpaired) electrons. The standard InChI is InChI=1S/C9H12N2.2C7H5BrO2/c1-2-8-11(7-1)9-3-5-10-6-4-9;2*8-6-3-1-5(2-4-6)7(9)10/h3-6H,1-2,7-8H2;2*1-4H,(H,9,10). The number of carbonyl (C=O) groups is 2. The number of nitrogens with one attached hydrogen (secondary N) is 1. The zero-order chi connectivity index (χ0) is 22.6. The van der Waals surface area contributed by atoms with Crippen LogP contribution in [0.2, 0.25) is 0 Å². The van der Waals surface area contributed by atoms with E-state index in [0.717, 1.165) is 8.95 Å². The molecule has 0 spiro atoms. The predicted molar refractivity (Wildman–Crippen MR) is 124 cm³/mol. The largest absolute Gasteiger partial charge is 0.545 e. The average Bonchev–Trinajstić information content (AvgIpc) is 3.31. The van der Waals surface area contributed by atoms with Crippen molar-refractivity contribution in [2.75, 3.05) is 18.0 Å². The number of halogens is 2. The van der Waals surface area contributed by atoms with Crippen molar-refractivity contribution >= 4 is 49.5 Å². The van der Waals surface area contributed by atoms with Crippen LogP contribution in [0.5, 0.6) is 0 Å². The molecule has 6 nitrogen and oxygen atoms in total. The van der Waals surface area contributed by atoms with E-state index >= 15 is 0 Å². The number of aromatic nitrogens is 1. The highest BCUT2D eigenvalue weighted by molar-refractivity contribution is 9.10. The molecule has 1 aliphatic heterocycles. The maximum absolute atomic E-state index is 10.3. The van der Waals surface area contributed by atoms with Crippen LogP contribution in [-0.2, 0) is 0 Å². The molecule has 1 aliphatic rings. The second-order valence-electron chi connectivity index (χ2n) is 6.56. The second-order valence-corrected chi connectivity index (χ2v) is 8.39. The quantitative estimate of drug-likeness (QED) is 0.531. The fraction of sp³-hybridized carbons (Fsp3) is 0.174. The number of benzene rings is 2. The molecule has 1 fully saturated rings. The number of carboxylic acid groups (broad SMARTS) is 2. The van der Waals surface area contributed by atoms with Crippen molar-refractivity contribution in [3.05, 3.63) is 93.1 Å². The maximum atomic E-state index is 10.3. The van der Waals surface area contributed by atoms with E-state index in [1.54, 1.807) is 36.4 Å². The van der Waals surface area contributed by atoms with Gasteiger partial charge in [-0.05, 0) is 54.8 Å². The van der Waals surface area contributed by atoms with Crippen LogP contribution >= 0.6 is 31.9 Å². The lowest BCUT2D eigenvalue weighted by Crippen LogP contribution is -2.21. The molecule has 0 atom stereocenters. The lowest BCUT2D eigenvalue weighted by Gasteiger charge is -2.15. The molecule has 1 aromatic heterocycles. The summed E-state index contributed by atoms with van der Waals surface area (Å²) < 4.78 is 1.75. The topological polar surface area (TPSA) is 94.8 Å². The number of aromatic amines is 1. The Morgan fingerprint density at radius 3 is 1.68 bits per heavy atom. The summed E-state index contributed by atoms with van der Waals surface area (Å²) in [6.45, 7) is 2.45. The summed E-state index contributed by atoms with van der Waals surface area (Å²) in [6.07, 6.45) is 6.65. The Kier molecular flexibility index (Phi) is 10.2. The third-order valence-corrected chi connectivity index (χ3v) is 5.40. The number of aromatic carboxylic acids is 2. The van der Waals surface area contributed by atoms with Crippen molar-refractivity contribution in [1.29, 1.82) is 0 Å². The summed E-state index contributed by atoms with van der Waals surface area (Å²) in [6, 6.07) is 17.0. The molecule has 0 aliphatic carbocycles. The second kappa shape index (κ2) is 12.9. The van der Waals surface area contributed by atoms with Gasteiger partial charge in [-0.1, -0.05) is 44.0 Å². The number of rotatable bonds is 3. The lowest BCUT2D eigenvalue weighted by molar-refractivity contribution is -0.377. The summed E-state index contributed by atoms with van der Waals surface area (Å²) in [4.78, 5) is 25.9. The van der Waals surface area contributed by atoms with E-state index in [4.69, 9.17) is 5.11 Å². The molecule has 4 rings (SSSR count). The monoisotopic (exact) mass is 548 g/mol. The van der Waals surface area contributed by atoms with Gasteiger partial charge in [0.15, 0.2) is 12.4 Å². The smallest absolute Gasteiger partial charge is 0.335 e.